The van der Waals surface area contributed by atoms with E-state index in [0.717, 1.165) is 46.8 Å². The summed E-state index contributed by atoms with van der Waals surface area (Å²) in [5.41, 5.74) is 2.18. The Labute approximate surface area is 180 Å². The molecule has 1 aromatic heterocycles. The van der Waals surface area contributed by atoms with Crippen LogP contribution in [0.3, 0.4) is 0 Å². The van der Waals surface area contributed by atoms with E-state index in [0.29, 0.717) is 6.61 Å². The summed E-state index contributed by atoms with van der Waals surface area (Å²) >= 11 is 7.83. The molecule has 1 heterocycles. The van der Waals surface area contributed by atoms with Crippen LogP contribution < -0.4 is 10.1 Å². The van der Waals surface area contributed by atoms with Crippen LogP contribution in [0.25, 0.3) is 0 Å². The number of halogens is 2. The molecule has 0 saturated carbocycles. The highest BCUT2D eigenvalue weighted by Gasteiger charge is 2.03. The predicted octanol–water partition coefficient (Wildman–Crippen LogP) is 4.14. The molecular weight excluding hydrogens is 417 g/mol. The maximum Gasteiger partial charge on any atom is 0.209 e. The monoisotopic (exact) mass is 439 g/mol. The van der Waals surface area contributed by atoms with Crippen molar-refractivity contribution >= 4 is 35.8 Å². The summed E-state index contributed by atoms with van der Waals surface area (Å²) in [6.45, 7) is 2.20. The molecule has 3 rings (SSSR count). The van der Waals surface area contributed by atoms with Crippen molar-refractivity contribution in [3.05, 3.63) is 64.7 Å². The van der Waals surface area contributed by atoms with Crippen molar-refractivity contribution in [3.63, 3.8) is 0 Å². The number of nitrogens with zero attached hydrogens (tertiary/aromatic N) is 4. The molecule has 0 aliphatic heterocycles. The summed E-state index contributed by atoms with van der Waals surface area (Å²) in [6.07, 6.45) is 1.04. The fourth-order valence-corrected chi connectivity index (χ4v) is 3.44. The number of ether oxygens (including phenoxy) is 1. The summed E-state index contributed by atoms with van der Waals surface area (Å²) < 4.78 is 7.56. The van der Waals surface area contributed by atoms with E-state index in [9.17, 15) is 0 Å². The molecule has 6 nitrogen and oxygen atoms in total. The zero-order chi connectivity index (χ0) is 18.9. The van der Waals surface area contributed by atoms with Crippen molar-refractivity contribution in [1.29, 1.82) is 0 Å². The quantitative estimate of drug-likeness (QED) is 0.378. The molecule has 0 aliphatic rings. The molecule has 0 saturated heterocycles. The van der Waals surface area contributed by atoms with Crippen LogP contribution >= 0.6 is 35.8 Å². The van der Waals surface area contributed by atoms with E-state index in [1.54, 1.807) is 16.4 Å². The number of nitrogens with one attached hydrogen (secondary N) is 1. The number of hydrogen-bond donors (Lipinski definition) is 1. The minimum atomic E-state index is 0. The number of aryl methyl sites for hydroxylation is 1. The Morgan fingerprint density at radius 3 is 2.82 bits per heavy atom. The highest BCUT2D eigenvalue weighted by molar-refractivity contribution is 7.99. The van der Waals surface area contributed by atoms with E-state index < -0.39 is 0 Å². The summed E-state index contributed by atoms with van der Waals surface area (Å²) in [5.74, 6) is 1.82. The topological polar surface area (TPSA) is 64.9 Å². The second kappa shape index (κ2) is 11.9. The van der Waals surface area contributed by atoms with Gasteiger partial charge in [-0.1, -0.05) is 53.7 Å². The molecule has 3 aromatic rings. The summed E-state index contributed by atoms with van der Waals surface area (Å²) in [7, 11) is 1.85. The predicted molar refractivity (Wildman–Crippen MR) is 115 cm³/mol. The lowest BCUT2D eigenvalue weighted by Crippen LogP contribution is -2.15. The van der Waals surface area contributed by atoms with Gasteiger partial charge in [-0.25, -0.2) is 4.68 Å². The molecule has 0 spiro atoms. The first-order valence-electron chi connectivity index (χ1n) is 8.73. The van der Waals surface area contributed by atoms with Crippen molar-refractivity contribution in [1.82, 2.24) is 25.5 Å². The van der Waals surface area contributed by atoms with Crippen molar-refractivity contribution in [2.75, 3.05) is 12.3 Å². The van der Waals surface area contributed by atoms with Crippen LogP contribution in [-0.4, -0.2) is 32.5 Å². The average Bonchev–Trinajstić information content (AvgIpc) is 3.09. The lowest BCUT2D eigenvalue weighted by molar-refractivity contribution is 0.306. The Hall–Kier alpha value is -1.80. The number of tetrazole rings is 1. The molecule has 0 amide bonds. The minimum absolute atomic E-state index is 0. The Morgan fingerprint density at radius 1 is 1.18 bits per heavy atom. The Balaban J connectivity index is 0.00000280. The van der Waals surface area contributed by atoms with Gasteiger partial charge < -0.3 is 10.1 Å². The molecule has 150 valence electrons. The number of aromatic nitrogens is 4. The van der Waals surface area contributed by atoms with Crippen LogP contribution in [0.2, 0.25) is 5.02 Å². The fraction of sp³-hybridized carbons (Fsp3) is 0.316. The van der Waals surface area contributed by atoms with E-state index in [1.807, 2.05) is 43.4 Å². The van der Waals surface area contributed by atoms with Gasteiger partial charge in [-0.15, -0.1) is 17.5 Å². The highest BCUT2D eigenvalue weighted by Crippen LogP contribution is 2.19. The molecule has 0 atom stereocenters. The van der Waals surface area contributed by atoms with Gasteiger partial charge in [0.1, 0.15) is 12.4 Å². The molecule has 28 heavy (non-hydrogen) atoms. The lowest BCUT2D eigenvalue weighted by Gasteiger charge is -2.10. The number of hydrogen-bond acceptors (Lipinski definition) is 6. The molecular formula is C19H23Cl2N5OS. The zero-order valence-corrected chi connectivity index (χ0v) is 17.9. The van der Waals surface area contributed by atoms with E-state index in [4.69, 9.17) is 16.3 Å². The first kappa shape index (κ1) is 22.5. The molecule has 0 radical (unpaired) electrons. The minimum Gasteiger partial charge on any atom is -0.489 e. The second-order valence-corrected chi connectivity index (χ2v) is 7.46. The van der Waals surface area contributed by atoms with Crippen molar-refractivity contribution < 1.29 is 4.74 Å². The van der Waals surface area contributed by atoms with Gasteiger partial charge in [0.05, 0.1) is 0 Å². The summed E-state index contributed by atoms with van der Waals surface area (Å²) in [4.78, 5) is 0. The van der Waals surface area contributed by atoms with E-state index >= 15 is 0 Å². The maximum absolute atomic E-state index is 6.17. The van der Waals surface area contributed by atoms with Gasteiger partial charge in [0.2, 0.25) is 5.16 Å². The van der Waals surface area contributed by atoms with Crippen LogP contribution in [-0.2, 0) is 20.2 Å². The van der Waals surface area contributed by atoms with Gasteiger partial charge in [0, 0.05) is 29.9 Å². The van der Waals surface area contributed by atoms with Crippen LogP contribution in [0, 0.1) is 0 Å². The largest absolute Gasteiger partial charge is 0.489 e. The van der Waals surface area contributed by atoms with E-state index in [-0.39, 0.29) is 12.4 Å². The van der Waals surface area contributed by atoms with Gasteiger partial charge in [-0.2, -0.15) is 0 Å². The fourth-order valence-electron chi connectivity index (χ4n) is 2.46. The molecule has 2 aromatic carbocycles. The third-order valence-electron chi connectivity index (χ3n) is 3.89. The second-order valence-electron chi connectivity index (χ2n) is 5.99. The number of benzene rings is 2. The SMILES string of the molecule is Cl.Cn1nnnc1SCCCNCc1cccc(OCc2ccccc2Cl)c1. The van der Waals surface area contributed by atoms with Crippen molar-refractivity contribution in [3.8, 4) is 5.75 Å². The third kappa shape index (κ3) is 6.98. The average molecular weight is 440 g/mol. The third-order valence-corrected chi connectivity index (χ3v) is 5.36. The van der Waals surface area contributed by atoms with Crippen molar-refractivity contribution in [2.45, 2.75) is 24.7 Å². The first-order chi connectivity index (χ1) is 13.2. The molecule has 0 fully saturated rings. The standard InChI is InChI=1S/C19H22ClN5OS.ClH/c1-25-19(22-23-24-25)27-11-5-10-21-13-15-6-4-8-17(12-15)26-14-16-7-2-3-9-18(16)20;/h2-4,6-9,12,21H,5,10-11,13-14H2,1H3;1H. The van der Waals surface area contributed by atoms with Gasteiger partial charge in [0.25, 0.3) is 0 Å². The van der Waals surface area contributed by atoms with Gasteiger partial charge in [0.15, 0.2) is 0 Å². The van der Waals surface area contributed by atoms with Crippen LogP contribution in [0.15, 0.2) is 53.7 Å². The van der Waals surface area contributed by atoms with E-state index in [1.165, 1.54) is 5.56 Å². The Morgan fingerprint density at radius 2 is 2.04 bits per heavy atom. The smallest absolute Gasteiger partial charge is 0.209 e. The summed E-state index contributed by atoms with van der Waals surface area (Å²) in [5, 5.41) is 16.4. The molecule has 0 unspecified atom stereocenters. The molecule has 0 bridgehead atoms. The van der Waals surface area contributed by atoms with Gasteiger partial charge >= 0.3 is 0 Å². The van der Waals surface area contributed by atoms with Crippen LogP contribution in [0.1, 0.15) is 17.5 Å². The number of rotatable bonds is 10. The first-order valence-corrected chi connectivity index (χ1v) is 10.1. The van der Waals surface area contributed by atoms with Gasteiger partial charge in [-0.3, -0.25) is 0 Å². The summed E-state index contributed by atoms with van der Waals surface area (Å²) in [6, 6.07) is 15.9. The maximum atomic E-state index is 6.17. The molecule has 0 aliphatic carbocycles. The van der Waals surface area contributed by atoms with E-state index in [2.05, 4.69) is 33.0 Å². The Bertz CT molecular complexity index is 862. The Kier molecular flexibility index (Phi) is 9.57. The van der Waals surface area contributed by atoms with Gasteiger partial charge in [-0.05, 0) is 47.2 Å². The lowest BCUT2D eigenvalue weighted by atomic mass is 10.2. The molecule has 1 N–H and O–H groups in total. The highest BCUT2D eigenvalue weighted by atomic mass is 35.5. The van der Waals surface area contributed by atoms with Crippen LogP contribution in [0.4, 0.5) is 0 Å². The normalized spacial score (nSPS) is 10.5. The van der Waals surface area contributed by atoms with Crippen LogP contribution in [0.5, 0.6) is 5.75 Å². The van der Waals surface area contributed by atoms with Crippen molar-refractivity contribution in [2.24, 2.45) is 7.05 Å². The number of thioether (sulfide) groups is 1. The molecule has 9 heteroatoms. The zero-order valence-electron chi connectivity index (χ0n) is 15.5.